The first-order valence-corrected chi connectivity index (χ1v) is 11.0. The van der Waals surface area contributed by atoms with E-state index in [1.54, 1.807) is 12.4 Å². The highest BCUT2D eigenvalue weighted by Crippen LogP contribution is 2.41. The molecule has 10 nitrogen and oxygen atoms in total. The second-order valence-electron chi connectivity index (χ2n) is 7.25. The molecule has 0 atom stereocenters. The lowest BCUT2D eigenvalue weighted by atomic mass is 9.88. The summed E-state index contributed by atoms with van der Waals surface area (Å²) in [4.78, 5) is 12.1. The molecule has 174 valence electrons. The zero-order valence-corrected chi connectivity index (χ0v) is 19.3. The van der Waals surface area contributed by atoms with Gasteiger partial charge in [0.2, 0.25) is 0 Å². The van der Waals surface area contributed by atoms with Gasteiger partial charge in [-0.3, -0.25) is 10.1 Å². The fourth-order valence-corrected chi connectivity index (χ4v) is 4.60. The number of nitrogens with zero attached hydrogens (tertiary/aromatic N) is 3. The number of nitrogens with two attached hydrogens (primary N) is 1. The molecule has 0 aromatic heterocycles. The minimum atomic E-state index is -4.21. The maximum absolute atomic E-state index is 12.8. The number of piperidine rings is 1. The van der Waals surface area contributed by atoms with Crippen LogP contribution in [0.3, 0.4) is 0 Å². The van der Waals surface area contributed by atoms with E-state index in [1.165, 1.54) is 7.11 Å². The lowest BCUT2D eigenvalue weighted by Gasteiger charge is -2.31. The number of nitro benzene ring substituents is 1. The van der Waals surface area contributed by atoms with Crippen LogP contribution in [-0.4, -0.2) is 44.8 Å². The molecule has 0 spiro atoms. The monoisotopic (exact) mass is 484 g/mol. The first kappa shape index (κ1) is 25.2. The Hall–Kier alpha value is -3.05. The van der Waals surface area contributed by atoms with Crippen LogP contribution in [0.15, 0.2) is 46.4 Å². The third kappa shape index (κ3) is 5.60. The van der Waals surface area contributed by atoms with Gasteiger partial charge in [-0.05, 0) is 49.4 Å². The molecule has 12 heteroatoms. The Kier molecular flexibility index (Phi) is 8.28. The van der Waals surface area contributed by atoms with Crippen molar-refractivity contribution in [3.8, 4) is 11.5 Å². The maximum Gasteiger partial charge on any atom is 0.339 e. The molecule has 0 aliphatic carbocycles. The molecule has 2 aromatic carbocycles. The van der Waals surface area contributed by atoms with E-state index in [9.17, 15) is 18.5 Å². The molecule has 2 aromatic rings. The van der Waals surface area contributed by atoms with Gasteiger partial charge in [-0.1, -0.05) is 6.07 Å². The summed E-state index contributed by atoms with van der Waals surface area (Å²) < 4.78 is 36.5. The highest BCUT2D eigenvalue weighted by Gasteiger charge is 2.27. The second-order valence-corrected chi connectivity index (χ2v) is 8.80. The first-order valence-electron chi connectivity index (χ1n) is 9.60. The van der Waals surface area contributed by atoms with Gasteiger partial charge in [0, 0.05) is 30.8 Å². The van der Waals surface area contributed by atoms with Crippen LogP contribution in [0.25, 0.3) is 0 Å². The van der Waals surface area contributed by atoms with Crippen molar-refractivity contribution < 1.29 is 22.3 Å². The van der Waals surface area contributed by atoms with Crippen LogP contribution in [0.4, 0.5) is 5.69 Å². The fourth-order valence-electron chi connectivity index (χ4n) is 3.67. The van der Waals surface area contributed by atoms with Crippen molar-refractivity contribution in [2.45, 2.75) is 30.6 Å². The van der Waals surface area contributed by atoms with E-state index in [0.29, 0.717) is 5.75 Å². The number of hydrazone groups is 1. The third-order valence-electron chi connectivity index (χ3n) is 5.17. The number of non-ortho nitro benzene ring substituents is 1. The summed E-state index contributed by atoms with van der Waals surface area (Å²) in [5.41, 5.74) is 1.50. The van der Waals surface area contributed by atoms with Gasteiger partial charge in [-0.15, -0.1) is 12.4 Å². The molecule has 0 amide bonds. The summed E-state index contributed by atoms with van der Waals surface area (Å²) in [7, 11) is -2.74. The van der Waals surface area contributed by atoms with Crippen LogP contribution < -0.4 is 14.8 Å². The number of aryl methyl sites for hydroxylation is 1. The molecule has 3 rings (SSSR count). The lowest BCUT2D eigenvalue weighted by Crippen LogP contribution is -2.32. The number of nitro groups is 1. The quantitative estimate of drug-likeness (QED) is 0.158. The Morgan fingerprint density at radius 3 is 2.38 bits per heavy atom. The molecule has 1 heterocycles. The van der Waals surface area contributed by atoms with Crippen molar-refractivity contribution in [1.29, 1.82) is 0 Å². The Morgan fingerprint density at radius 2 is 1.84 bits per heavy atom. The number of rotatable bonds is 7. The summed E-state index contributed by atoms with van der Waals surface area (Å²) in [6.45, 7) is 3.38. The number of hydrogen-bond donors (Lipinski definition) is 1. The predicted molar refractivity (Wildman–Crippen MR) is 122 cm³/mol. The Morgan fingerprint density at radius 1 is 1.22 bits per heavy atom. The Labute approximate surface area is 192 Å². The standard InChI is InChI=1S/C20H24N4O6S.ClH/c1-14-11-18(15-7-9-23(10-8-15)13-22-21)20(29-2)19(12-14)30-31(27,28)17-5-3-16(4-6-17)24(25)26;/h3-6,11-13,15H,7-10,21H2,1-2H3;1H. The molecule has 1 fully saturated rings. The number of benzene rings is 2. The Balaban J connectivity index is 0.00000363. The summed E-state index contributed by atoms with van der Waals surface area (Å²) >= 11 is 0. The number of methoxy groups -OCH3 is 1. The van der Waals surface area contributed by atoms with E-state index in [1.807, 2.05) is 17.9 Å². The van der Waals surface area contributed by atoms with Gasteiger partial charge in [0.15, 0.2) is 11.5 Å². The third-order valence-corrected chi connectivity index (χ3v) is 6.42. The molecule has 0 saturated carbocycles. The van der Waals surface area contributed by atoms with Crippen LogP contribution >= 0.6 is 12.4 Å². The number of ether oxygens (including phenoxy) is 1. The molecule has 2 N–H and O–H groups in total. The van der Waals surface area contributed by atoms with E-state index >= 15 is 0 Å². The molecular formula is C20H25ClN4O6S. The van der Waals surface area contributed by atoms with Crippen LogP contribution in [0.2, 0.25) is 0 Å². The van der Waals surface area contributed by atoms with Gasteiger partial charge in [-0.25, -0.2) is 0 Å². The molecule has 1 aliphatic rings. The van der Waals surface area contributed by atoms with Gasteiger partial charge in [0.25, 0.3) is 5.69 Å². The number of likely N-dealkylation sites (tertiary alicyclic amines) is 1. The van der Waals surface area contributed by atoms with Crippen molar-refractivity contribution >= 4 is 34.6 Å². The number of halogens is 1. The summed E-state index contributed by atoms with van der Waals surface area (Å²) in [5.74, 6) is 5.82. The Bertz CT molecular complexity index is 1080. The zero-order valence-electron chi connectivity index (χ0n) is 17.6. The average molecular weight is 485 g/mol. The van der Waals surface area contributed by atoms with E-state index in [2.05, 4.69) is 5.10 Å². The van der Waals surface area contributed by atoms with Crippen LogP contribution in [0, 0.1) is 17.0 Å². The van der Waals surface area contributed by atoms with Crippen LogP contribution in [-0.2, 0) is 10.1 Å². The van der Waals surface area contributed by atoms with Crippen molar-refractivity contribution in [3.05, 3.63) is 57.6 Å². The van der Waals surface area contributed by atoms with Crippen LogP contribution in [0.1, 0.15) is 29.9 Å². The molecule has 0 bridgehead atoms. The lowest BCUT2D eigenvalue weighted by molar-refractivity contribution is -0.384. The van der Waals surface area contributed by atoms with Gasteiger partial charge in [0.1, 0.15) is 11.2 Å². The van der Waals surface area contributed by atoms with Crippen molar-refractivity contribution in [3.63, 3.8) is 0 Å². The topological polar surface area (TPSA) is 137 Å². The molecule has 1 saturated heterocycles. The van der Waals surface area contributed by atoms with Crippen LogP contribution in [0.5, 0.6) is 11.5 Å². The van der Waals surface area contributed by atoms with E-state index in [-0.39, 0.29) is 34.7 Å². The van der Waals surface area contributed by atoms with E-state index < -0.39 is 15.0 Å². The van der Waals surface area contributed by atoms with Crippen molar-refractivity contribution in [1.82, 2.24) is 4.90 Å². The van der Waals surface area contributed by atoms with Crippen molar-refractivity contribution in [2.75, 3.05) is 20.2 Å². The summed E-state index contributed by atoms with van der Waals surface area (Å²) in [5, 5.41) is 14.4. The van der Waals surface area contributed by atoms with Gasteiger partial charge in [-0.2, -0.15) is 13.5 Å². The molecule has 32 heavy (non-hydrogen) atoms. The number of hydrogen-bond acceptors (Lipinski definition) is 8. The summed E-state index contributed by atoms with van der Waals surface area (Å²) in [6, 6.07) is 8.10. The first-order chi connectivity index (χ1) is 14.7. The van der Waals surface area contributed by atoms with E-state index in [0.717, 1.165) is 61.3 Å². The maximum atomic E-state index is 12.8. The molecule has 1 aliphatic heterocycles. The minimum absolute atomic E-state index is 0. The predicted octanol–water partition coefficient (Wildman–Crippen LogP) is 3.18. The summed E-state index contributed by atoms with van der Waals surface area (Å²) in [6.07, 6.45) is 3.25. The molecule has 0 radical (unpaired) electrons. The molecule has 0 unspecified atom stereocenters. The fraction of sp³-hybridized carbons (Fsp3) is 0.350. The highest BCUT2D eigenvalue weighted by molar-refractivity contribution is 7.87. The van der Waals surface area contributed by atoms with Gasteiger partial charge in [0.05, 0.1) is 12.0 Å². The SMILES string of the molecule is COc1c(OS(=O)(=O)c2ccc([N+](=O)[O-])cc2)cc(C)cc1C1CCN(C=NN)CC1.Cl. The zero-order chi connectivity index (χ0) is 22.6. The average Bonchev–Trinajstić information content (AvgIpc) is 2.74. The van der Waals surface area contributed by atoms with Gasteiger partial charge < -0.3 is 19.7 Å². The smallest absolute Gasteiger partial charge is 0.339 e. The van der Waals surface area contributed by atoms with Crippen molar-refractivity contribution in [2.24, 2.45) is 10.9 Å². The highest BCUT2D eigenvalue weighted by atomic mass is 35.5. The minimum Gasteiger partial charge on any atom is -0.492 e. The normalized spacial score (nSPS) is 14.8. The largest absolute Gasteiger partial charge is 0.492 e. The van der Waals surface area contributed by atoms with Gasteiger partial charge >= 0.3 is 10.1 Å². The molecular weight excluding hydrogens is 460 g/mol. The second kappa shape index (κ2) is 10.5. The van der Waals surface area contributed by atoms with E-state index in [4.69, 9.17) is 14.8 Å².